The molecule has 2 rings (SSSR count). The summed E-state index contributed by atoms with van der Waals surface area (Å²) in [5, 5.41) is 5.54. The highest BCUT2D eigenvalue weighted by molar-refractivity contribution is 5.90. The number of carbonyl (C=O) groups excluding carboxylic acids is 3. The first kappa shape index (κ1) is 22.9. The van der Waals surface area contributed by atoms with Crippen LogP contribution in [0.2, 0.25) is 0 Å². The van der Waals surface area contributed by atoms with E-state index in [4.69, 9.17) is 9.47 Å². The number of carbonyl (C=O) groups is 3. The Labute approximate surface area is 172 Å². The van der Waals surface area contributed by atoms with Crippen LogP contribution in [0.15, 0.2) is 30.3 Å². The monoisotopic (exact) mass is 404 g/mol. The van der Waals surface area contributed by atoms with Crippen molar-refractivity contribution in [3.63, 3.8) is 0 Å². The van der Waals surface area contributed by atoms with E-state index in [0.717, 1.165) is 5.56 Å². The van der Waals surface area contributed by atoms with Gasteiger partial charge in [-0.1, -0.05) is 30.3 Å². The van der Waals surface area contributed by atoms with Gasteiger partial charge in [0.15, 0.2) is 5.78 Å². The van der Waals surface area contributed by atoms with Crippen LogP contribution in [0, 0.1) is 5.92 Å². The lowest BCUT2D eigenvalue weighted by Crippen LogP contribution is -2.46. The van der Waals surface area contributed by atoms with Crippen molar-refractivity contribution in [2.75, 3.05) is 6.61 Å². The molecular formula is C22H32N2O5. The maximum absolute atomic E-state index is 12.8. The minimum absolute atomic E-state index is 0.107. The van der Waals surface area contributed by atoms with Crippen molar-refractivity contribution in [3.8, 4) is 0 Å². The molecule has 160 valence electrons. The molecule has 1 aromatic rings. The van der Waals surface area contributed by atoms with Crippen molar-refractivity contribution in [1.29, 1.82) is 0 Å². The summed E-state index contributed by atoms with van der Waals surface area (Å²) in [4.78, 5) is 37.3. The molecule has 2 amide bonds. The zero-order valence-corrected chi connectivity index (χ0v) is 17.9. The quantitative estimate of drug-likeness (QED) is 0.695. The molecule has 0 radical (unpaired) electrons. The van der Waals surface area contributed by atoms with E-state index in [0.29, 0.717) is 13.0 Å². The minimum Gasteiger partial charge on any atom is -0.444 e. The van der Waals surface area contributed by atoms with Crippen molar-refractivity contribution < 1.29 is 23.9 Å². The number of nitrogens with one attached hydrogen (secondary N) is 2. The Bertz CT molecular complexity index is 724. The molecule has 0 spiro atoms. The number of ether oxygens (including phenoxy) is 2. The van der Waals surface area contributed by atoms with Crippen LogP contribution in [0.5, 0.6) is 0 Å². The van der Waals surface area contributed by atoms with Gasteiger partial charge in [-0.15, -0.1) is 0 Å². The van der Waals surface area contributed by atoms with Crippen molar-refractivity contribution >= 4 is 17.8 Å². The highest BCUT2D eigenvalue weighted by atomic mass is 16.6. The third kappa shape index (κ3) is 7.85. The second kappa shape index (κ2) is 9.39. The number of amides is 2. The minimum atomic E-state index is -0.856. The van der Waals surface area contributed by atoms with E-state index in [2.05, 4.69) is 10.6 Å². The zero-order chi connectivity index (χ0) is 21.7. The van der Waals surface area contributed by atoms with Gasteiger partial charge in [0.2, 0.25) is 5.91 Å². The van der Waals surface area contributed by atoms with Crippen molar-refractivity contribution in [3.05, 3.63) is 35.9 Å². The summed E-state index contributed by atoms with van der Waals surface area (Å²) in [6.45, 7) is 9.26. The molecule has 1 aromatic carbocycles. The molecule has 0 aliphatic carbocycles. The Hall–Kier alpha value is -2.41. The van der Waals surface area contributed by atoms with Gasteiger partial charge in [-0.3, -0.25) is 9.59 Å². The van der Waals surface area contributed by atoms with Crippen LogP contribution in [0.25, 0.3) is 0 Å². The largest absolute Gasteiger partial charge is 0.444 e. The van der Waals surface area contributed by atoms with Gasteiger partial charge >= 0.3 is 6.09 Å². The second-order valence-corrected chi connectivity index (χ2v) is 9.15. The van der Waals surface area contributed by atoms with Gasteiger partial charge in [0.05, 0.1) is 12.6 Å². The van der Waals surface area contributed by atoms with Crippen LogP contribution < -0.4 is 10.6 Å². The summed E-state index contributed by atoms with van der Waals surface area (Å²) in [5.74, 6) is -0.753. The zero-order valence-electron chi connectivity index (χ0n) is 17.9. The standard InChI is InChI=1S/C22H32N2O5/c1-21(2,3)29-20(27)23-17(11-16-12-22(4,5)24-19(16)26)18(25)14-28-13-15-9-7-6-8-10-15/h6-10,16-17H,11-14H2,1-5H3,(H,23,27)(H,24,26)/t16-,17+/m1/s1. The molecule has 29 heavy (non-hydrogen) atoms. The van der Waals surface area contributed by atoms with Crippen LogP contribution in [-0.4, -0.2) is 41.6 Å². The molecule has 7 heteroatoms. The number of rotatable bonds is 8. The molecular weight excluding hydrogens is 372 g/mol. The molecule has 2 atom stereocenters. The fourth-order valence-electron chi connectivity index (χ4n) is 3.34. The van der Waals surface area contributed by atoms with Gasteiger partial charge in [0.25, 0.3) is 0 Å². The molecule has 2 N–H and O–H groups in total. The molecule has 0 bridgehead atoms. The smallest absolute Gasteiger partial charge is 0.408 e. The van der Waals surface area contributed by atoms with E-state index >= 15 is 0 Å². The number of alkyl carbamates (subject to hydrolysis) is 1. The number of hydrogen-bond donors (Lipinski definition) is 2. The Kier molecular flexibility index (Phi) is 7.41. The molecule has 7 nitrogen and oxygen atoms in total. The number of benzene rings is 1. The number of Topliss-reactive ketones (excluding diaryl/α,β-unsaturated/α-hetero) is 1. The average Bonchev–Trinajstić information content (AvgIpc) is 2.85. The van der Waals surface area contributed by atoms with E-state index in [1.54, 1.807) is 20.8 Å². The van der Waals surface area contributed by atoms with Gasteiger partial charge < -0.3 is 20.1 Å². The summed E-state index contributed by atoms with van der Waals surface area (Å²) >= 11 is 0. The molecule has 1 aliphatic rings. The molecule has 0 unspecified atom stereocenters. The predicted octanol–water partition coefficient (Wildman–Crippen LogP) is 2.97. The van der Waals surface area contributed by atoms with E-state index in [9.17, 15) is 14.4 Å². The summed E-state index contributed by atoms with van der Waals surface area (Å²) in [5.41, 5.74) is -0.0619. The highest BCUT2D eigenvalue weighted by Crippen LogP contribution is 2.28. The molecule has 1 heterocycles. The Morgan fingerprint density at radius 3 is 2.45 bits per heavy atom. The summed E-state index contributed by atoms with van der Waals surface area (Å²) < 4.78 is 10.8. The maximum Gasteiger partial charge on any atom is 0.408 e. The highest BCUT2D eigenvalue weighted by Gasteiger charge is 2.40. The van der Waals surface area contributed by atoms with E-state index < -0.39 is 17.7 Å². The second-order valence-electron chi connectivity index (χ2n) is 9.15. The normalized spacial score (nSPS) is 19.3. The van der Waals surface area contributed by atoms with Crippen molar-refractivity contribution in [1.82, 2.24) is 10.6 Å². The molecule has 0 saturated carbocycles. The topological polar surface area (TPSA) is 93.7 Å². The van der Waals surface area contributed by atoms with Crippen LogP contribution in [0.1, 0.15) is 53.0 Å². The number of ketones is 1. The fraction of sp³-hybridized carbons (Fsp3) is 0.591. The molecule has 1 fully saturated rings. The van der Waals surface area contributed by atoms with Gasteiger partial charge in [-0.05, 0) is 53.0 Å². The molecule has 1 aliphatic heterocycles. The van der Waals surface area contributed by atoms with E-state index in [1.165, 1.54) is 0 Å². The number of hydrogen-bond acceptors (Lipinski definition) is 5. The van der Waals surface area contributed by atoms with Crippen molar-refractivity contribution in [2.24, 2.45) is 5.92 Å². The van der Waals surface area contributed by atoms with Gasteiger partial charge in [0, 0.05) is 11.5 Å². The molecule has 1 saturated heterocycles. The summed E-state index contributed by atoms with van der Waals surface area (Å²) in [6.07, 6.45) is 0.120. The van der Waals surface area contributed by atoms with Crippen LogP contribution in [0.4, 0.5) is 4.79 Å². The van der Waals surface area contributed by atoms with Crippen LogP contribution >= 0.6 is 0 Å². The first-order valence-electron chi connectivity index (χ1n) is 9.91. The average molecular weight is 405 g/mol. The third-order valence-electron chi connectivity index (χ3n) is 4.54. The van der Waals surface area contributed by atoms with E-state index in [-0.39, 0.29) is 36.2 Å². The predicted molar refractivity (Wildman–Crippen MR) is 109 cm³/mol. The third-order valence-corrected chi connectivity index (χ3v) is 4.54. The first-order chi connectivity index (χ1) is 13.5. The first-order valence-corrected chi connectivity index (χ1v) is 9.91. The lowest BCUT2D eigenvalue weighted by molar-refractivity contribution is -0.127. The maximum atomic E-state index is 12.8. The van der Waals surface area contributed by atoms with Crippen LogP contribution in [0.3, 0.4) is 0 Å². The van der Waals surface area contributed by atoms with Crippen molar-refractivity contribution in [2.45, 2.75) is 71.2 Å². The van der Waals surface area contributed by atoms with E-state index in [1.807, 2.05) is 44.2 Å². The fourth-order valence-corrected chi connectivity index (χ4v) is 3.34. The SMILES string of the molecule is CC1(C)C[C@@H](C[C@H](NC(=O)OC(C)(C)C)C(=O)COCc2ccccc2)C(=O)N1. The lowest BCUT2D eigenvalue weighted by atomic mass is 9.90. The lowest BCUT2D eigenvalue weighted by Gasteiger charge is -2.24. The summed E-state index contributed by atoms with van der Waals surface area (Å²) in [7, 11) is 0. The Morgan fingerprint density at radius 1 is 1.24 bits per heavy atom. The summed E-state index contributed by atoms with van der Waals surface area (Å²) in [6, 6.07) is 8.66. The van der Waals surface area contributed by atoms with Crippen LogP contribution in [-0.2, 0) is 25.7 Å². The Balaban J connectivity index is 1.99. The van der Waals surface area contributed by atoms with Gasteiger partial charge in [-0.25, -0.2) is 4.79 Å². The molecule has 0 aromatic heterocycles. The van der Waals surface area contributed by atoms with Gasteiger partial charge in [0.1, 0.15) is 12.2 Å². The Morgan fingerprint density at radius 2 is 1.90 bits per heavy atom. The van der Waals surface area contributed by atoms with Gasteiger partial charge in [-0.2, -0.15) is 0 Å².